The third-order valence-corrected chi connectivity index (χ3v) is 1.85. The van der Waals surface area contributed by atoms with E-state index in [2.05, 4.69) is 5.32 Å². The number of nitrogens with zero attached hydrogens (tertiary/aromatic N) is 1. The number of aryl methyl sites for hydroxylation is 1. The summed E-state index contributed by atoms with van der Waals surface area (Å²) in [5.74, 6) is -0.138. The maximum absolute atomic E-state index is 11.5. The lowest BCUT2D eigenvalue weighted by Crippen LogP contribution is -2.28. The molecule has 0 radical (unpaired) electrons. The minimum Gasteiger partial charge on any atom is -0.397 e. The fraction of sp³-hybridized carbons (Fsp3) is 0.444. The molecule has 3 N–H and O–H groups in total. The van der Waals surface area contributed by atoms with Gasteiger partial charge < -0.3 is 20.4 Å². The number of methoxy groups -OCH3 is 1. The highest BCUT2D eigenvalue weighted by molar-refractivity contribution is 5.93. The smallest absolute Gasteiger partial charge is 0.268 e. The van der Waals surface area contributed by atoms with E-state index in [0.29, 0.717) is 24.5 Å². The maximum Gasteiger partial charge on any atom is 0.268 e. The molecule has 0 saturated carbocycles. The summed E-state index contributed by atoms with van der Waals surface area (Å²) in [7, 11) is 3.37. The van der Waals surface area contributed by atoms with Crippen molar-refractivity contribution in [3.8, 4) is 0 Å². The number of aromatic nitrogens is 1. The van der Waals surface area contributed by atoms with Crippen molar-refractivity contribution in [2.24, 2.45) is 7.05 Å². The van der Waals surface area contributed by atoms with Gasteiger partial charge in [0.15, 0.2) is 0 Å². The highest BCUT2D eigenvalue weighted by atomic mass is 16.5. The van der Waals surface area contributed by atoms with E-state index >= 15 is 0 Å². The highest BCUT2D eigenvalue weighted by Crippen LogP contribution is 2.07. The van der Waals surface area contributed by atoms with Crippen LogP contribution < -0.4 is 11.1 Å². The van der Waals surface area contributed by atoms with Crippen LogP contribution in [0, 0.1) is 0 Å². The van der Waals surface area contributed by atoms with E-state index in [4.69, 9.17) is 10.5 Å². The van der Waals surface area contributed by atoms with Gasteiger partial charge in [-0.05, 0) is 6.07 Å². The Balaban J connectivity index is 2.56. The fourth-order valence-corrected chi connectivity index (χ4v) is 1.17. The van der Waals surface area contributed by atoms with Gasteiger partial charge in [0, 0.05) is 26.9 Å². The van der Waals surface area contributed by atoms with E-state index in [1.807, 2.05) is 0 Å². The third kappa shape index (κ3) is 2.50. The number of ether oxygens (including phenoxy) is 1. The van der Waals surface area contributed by atoms with Crippen LogP contribution in [0.1, 0.15) is 10.5 Å². The highest BCUT2D eigenvalue weighted by Gasteiger charge is 2.09. The van der Waals surface area contributed by atoms with Gasteiger partial charge in [-0.3, -0.25) is 4.79 Å². The lowest BCUT2D eigenvalue weighted by molar-refractivity contribution is 0.0929. The monoisotopic (exact) mass is 197 g/mol. The van der Waals surface area contributed by atoms with Gasteiger partial charge in [0.1, 0.15) is 5.69 Å². The molecule has 0 spiro atoms. The Kier molecular flexibility index (Phi) is 3.53. The standard InChI is InChI=1S/C9H15N3O2/c1-12-6-7(10)5-8(12)9(13)11-3-4-14-2/h5-6H,3-4,10H2,1-2H3,(H,11,13). The zero-order chi connectivity index (χ0) is 10.6. The van der Waals surface area contributed by atoms with Crippen molar-refractivity contribution < 1.29 is 9.53 Å². The number of carbonyl (C=O) groups is 1. The van der Waals surface area contributed by atoms with Crippen LogP contribution >= 0.6 is 0 Å². The molecule has 1 amide bonds. The number of rotatable bonds is 4. The molecule has 0 atom stereocenters. The first-order valence-corrected chi connectivity index (χ1v) is 4.34. The first-order valence-electron chi connectivity index (χ1n) is 4.34. The van der Waals surface area contributed by atoms with Crippen molar-refractivity contribution in [2.75, 3.05) is 26.0 Å². The molecule has 1 rings (SSSR count). The summed E-state index contributed by atoms with van der Waals surface area (Å²) in [6, 6.07) is 1.64. The lowest BCUT2D eigenvalue weighted by atomic mass is 10.4. The zero-order valence-electron chi connectivity index (χ0n) is 8.41. The second-order valence-corrected chi connectivity index (χ2v) is 3.02. The molecular weight excluding hydrogens is 182 g/mol. The molecule has 0 aliphatic carbocycles. The molecule has 14 heavy (non-hydrogen) atoms. The number of nitrogen functional groups attached to an aromatic ring is 1. The van der Waals surface area contributed by atoms with Gasteiger partial charge in [-0.1, -0.05) is 0 Å². The van der Waals surface area contributed by atoms with Gasteiger partial charge in [-0.15, -0.1) is 0 Å². The number of hydrogen-bond acceptors (Lipinski definition) is 3. The van der Waals surface area contributed by atoms with Crippen molar-refractivity contribution in [1.82, 2.24) is 9.88 Å². The predicted molar refractivity (Wildman–Crippen MR) is 54.0 cm³/mol. The average Bonchev–Trinajstić information content (AvgIpc) is 2.45. The summed E-state index contributed by atoms with van der Waals surface area (Å²) in [6.45, 7) is 1.01. The molecule has 0 aliphatic rings. The van der Waals surface area contributed by atoms with Gasteiger partial charge in [0.2, 0.25) is 0 Å². The van der Waals surface area contributed by atoms with Crippen LogP contribution in [0.3, 0.4) is 0 Å². The van der Waals surface area contributed by atoms with E-state index in [1.165, 1.54) is 0 Å². The van der Waals surface area contributed by atoms with Gasteiger partial charge in [-0.2, -0.15) is 0 Å². The Morgan fingerprint density at radius 1 is 1.71 bits per heavy atom. The van der Waals surface area contributed by atoms with E-state index in [1.54, 1.807) is 31.0 Å². The maximum atomic E-state index is 11.5. The van der Waals surface area contributed by atoms with E-state index in [9.17, 15) is 4.79 Å². The Labute approximate surface area is 82.8 Å². The Morgan fingerprint density at radius 3 is 2.93 bits per heavy atom. The van der Waals surface area contributed by atoms with E-state index in [-0.39, 0.29) is 5.91 Å². The van der Waals surface area contributed by atoms with Crippen molar-refractivity contribution in [3.63, 3.8) is 0 Å². The van der Waals surface area contributed by atoms with Crippen molar-refractivity contribution in [3.05, 3.63) is 18.0 Å². The summed E-state index contributed by atoms with van der Waals surface area (Å²) in [6.07, 6.45) is 1.70. The zero-order valence-corrected chi connectivity index (χ0v) is 8.41. The number of nitrogens with two attached hydrogens (primary N) is 1. The van der Waals surface area contributed by atoms with Gasteiger partial charge in [0.25, 0.3) is 5.91 Å². The van der Waals surface area contributed by atoms with Gasteiger partial charge in [-0.25, -0.2) is 0 Å². The second-order valence-electron chi connectivity index (χ2n) is 3.02. The summed E-state index contributed by atoms with van der Waals surface area (Å²) in [4.78, 5) is 11.5. The number of amides is 1. The number of carbonyl (C=O) groups excluding carboxylic acids is 1. The summed E-state index contributed by atoms with van der Waals surface area (Å²) in [5, 5.41) is 2.71. The largest absolute Gasteiger partial charge is 0.397 e. The molecular formula is C9H15N3O2. The Bertz CT molecular complexity index is 320. The SMILES string of the molecule is COCCNC(=O)c1cc(N)cn1C. The quantitative estimate of drug-likeness (QED) is 0.667. The summed E-state index contributed by atoms with van der Waals surface area (Å²) < 4.78 is 6.51. The first-order chi connectivity index (χ1) is 6.65. The molecule has 1 aromatic heterocycles. The number of nitrogens with one attached hydrogen (secondary N) is 1. The summed E-state index contributed by atoms with van der Waals surface area (Å²) in [5.41, 5.74) is 6.69. The third-order valence-electron chi connectivity index (χ3n) is 1.85. The molecule has 1 aromatic rings. The van der Waals surface area contributed by atoms with Crippen molar-refractivity contribution in [1.29, 1.82) is 0 Å². The fourth-order valence-electron chi connectivity index (χ4n) is 1.17. The van der Waals surface area contributed by atoms with Gasteiger partial charge >= 0.3 is 0 Å². The minimum atomic E-state index is -0.138. The number of hydrogen-bond donors (Lipinski definition) is 2. The molecule has 0 fully saturated rings. The van der Waals surface area contributed by atoms with Crippen LogP contribution in [0.2, 0.25) is 0 Å². The van der Waals surface area contributed by atoms with Crippen LogP contribution in [-0.2, 0) is 11.8 Å². The van der Waals surface area contributed by atoms with E-state index in [0.717, 1.165) is 0 Å². The van der Waals surface area contributed by atoms with Crippen LogP contribution in [-0.4, -0.2) is 30.7 Å². The lowest BCUT2D eigenvalue weighted by Gasteiger charge is -2.04. The van der Waals surface area contributed by atoms with Crippen LogP contribution in [0.15, 0.2) is 12.3 Å². The summed E-state index contributed by atoms with van der Waals surface area (Å²) >= 11 is 0. The Hall–Kier alpha value is -1.49. The number of anilines is 1. The molecule has 78 valence electrons. The first kappa shape index (κ1) is 10.6. The van der Waals surface area contributed by atoms with Gasteiger partial charge in [0.05, 0.1) is 12.3 Å². The molecule has 0 bridgehead atoms. The predicted octanol–water partition coefficient (Wildman–Crippen LogP) is -0.0165. The van der Waals surface area contributed by atoms with Crippen LogP contribution in [0.25, 0.3) is 0 Å². The van der Waals surface area contributed by atoms with Crippen molar-refractivity contribution >= 4 is 11.6 Å². The van der Waals surface area contributed by atoms with E-state index < -0.39 is 0 Å². The average molecular weight is 197 g/mol. The molecule has 1 heterocycles. The normalized spacial score (nSPS) is 10.1. The minimum absolute atomic E-state index is 0.138. The molecule has 5 nitrogen and oxygen atoms in total. The molecule has 0 saturated heterocycles. The molecule has 5 heteroatoms. The van der Waals surface area contributed by atoms with Crippen molar-refractivity contribution in [2.45, 2.75) is 0 Å². The van der Waals surface area contributed by atoms with Crippen LogP contribution in [0.4, 0.5) is 5.69 Å². The topological polar surface area (TPSA) is 69.3 Å². The second kappa shape index (κ2) is 4.66. The molecule has 0 aromatic carbocycles. The molecule has 0 unspecified atom stereocenters. The van der Waals surface area contributed by atoms with Crippen LogP contribution in [0.5, 0.6) is 0 Å². The Morgan fingerprint density at radius 2 is 2.43 bits per heavy atom. The molecule has 0 aliphatic heterocycles.